The molecule has 2 rings (SSSR count). The van der Waals surface area contributed by atoms with Gasteiger partial charge in [-0.05, 0) is 39.8 Å². The van der Waals surface area contributed by atoms with E-state index in [0.717, 1.165) is 30.3 Å². The van der Waals surface area contributed by atoms with Crippen molar-refractivity contribution in [3.05, 3.63) is 41.8 Å². The van der Waals surface area contributed by atoms with Gasteiger partial charge >= 0.3 is 0 Å². The Balaban J connectivity index is 1.81. The minimum Gasteiger partial charge on any atom is -0.444 e. The highest BCUT2D eigenvalue weighted by molar-refractivity contribution is 5.79. The first-order chi connectivity index (χ1) is 11.9. The van der Waals surface area contributed by atoms with E-state index < -0.39 is 0 Å². The smallest absolute Gasteiger partial charge is 0.226 e. The Kier molecular flexibility index (Phi) is 6.58. The molecule has 0 aliphatic heterocycles. The summed E-state index contributed by atoms with van der Waals surface area (Å²) < 4.78 is 5.57. The first-order valence-electron chi connectivity index (χ1n) is 8.58. The van der Waals surface area contributed by atoms with Gasteiger partial charge < -0.3 is 20.4 Å². The Labute approximate surface area is 150 Å². The van der Waals surface area contributed by atoms with Crippen LogP contribution in [0, 0.1) is 6.92 Å². The Morgan fingerprint density at radius 2 is 1.84 bits per heavy atom. The summed E-state index contributed by atoms with van der Waals surface area (Å²) in [4.78, 5) is 8.74. The van der Waals surface area contributed by atoms with Crippen LogP contribution in [-0.4, -0.2) is 36.6 Å². The van der Waals surface area contributed by atoms with Crippen LogP contribution in [0.4, 0.5) is 0 Å². The Morgan fingerprint density at radius 1 is 1.12 bits per heavy atom. The van der Waals surface area contributed by atoms with Crippen molar-refractivity contribution in [1.29, 1.82) is 0 Å². The van der Waals surface area contributed by atoms with E-state index in [0.29, 0.717) is 12.4 Å². The molecule has 0 amide bonds. The lowest BCUT2D eigenvalue weighted by atomic mass is 10.1. The van der Waals surface area contributed by atoms with Crippen LogP contribution in [0.3, 0.4) is 0 Å². The van der Waals surface area contributed by atoms with Crippen molar-refractivity contribution in [1.82, 2.24) is 20.9 Å². The molecule has 136 valence electrons. The molecular formula is C19H29N5O. The number of aryl methyl sites for hydroxylation is 1. The summed E-state index contributed by atoms with van der Waals surface area (Å²) in [5, 5.41) is 9.95. The van der Waals surface area contributed by atoms with E-state index in [9.17, 15) is 0 Å². The number of nitrogens with one attached hydrogen (secondary N) is 3. The number of aliphatic imine (C=N–C) groups is 1. The van der Waals surface area contributed by atoms with E-state index in [1.807, 2.05) is 12.1 Å². The molecule has 0 saturated heterocycles. The molecule has 1 heterocycles. The summed E-state index contributed by atoms with van der Waals surface area (Å²) in [6.45, 7) is 10.7. The molecule has 6 nitrogen and oxygen atoms in total. The van der Waals surface area contributed by atoms with Crippen LogP contribution in [0.25, 0.3) is 11.5 Å². The van der Waals surface area contributed by atoms with Gasteiger partial charge in [0.1, 0.15) is 6.26 Å². The minimum absolute atomic E-state index is 0.117. The van der Waals surface area contributed by atoms with Gasteiger partial charge in [-0.25, -0.2) is 4.98 Å². The molecule has 0 saturated carbocycles. The van der Waals surface area contributed by atoms with Crippen LogP contribution in [0.5, 0.6) is 0 Å². The SMILES string of the molecule is CN=C(NCCNC(C)(C)C)NCc1coc(-c2ccc(C)cc2)n1. The lowest BCUT2D eigenvalue weighted by Crippen LogP contribution is -2.44. The van der Waals surface area contributed by atoms with Gasteiger partial charge in [0.15, 0.2) is 5.96 Å². The van der Waals surface area contributed by atoms with Crippen LogP contribution in [-0.2, 0) is 6.54 Å². The van der Waals surface area contributed by atoms with Crippen molar-refractivity contribution in [2.45, 2.75) is 39.8 Å². The predicted octanol–water partition coefficient (Wildman–Crippen LogP) is 2.70. The molecule has 0 spiro atoms. The van der Waals surface area contributed by atoms with Crippen LogP contribution in [0.1, 0.15) is 32.0 Å². The van der Waals surface area contributed by atoms with Crippen LogP contribution in [0.15, 0.2) is 39.9 Å². The van der Waals surface area contributed by atoms with Crippen molar-refractivity contribution in [2.24, 2.45) is 4.99 Å². The maximum absolute atomic E-state index is 5.57. The third kappa shape index (κ3) is 6.58. The maximum Gasteiger partial charge on any atom is 0.226 e. The summed E-state index contributed by atoms with van der Waals surface area (Å²) in [5.41, 5.74) is 3.15. The lowest BCUT2D eigenvalue weighted by molar-refractivity contribution is 0.428. The van der Waals surface area contributed by atoms with Gasteiger partial charge in [0.25, 0.3) is 0 Å². The quantitative estimate of drug-likeness (QED) is 0.427. The number of aromatic nitrogens is 1. The fourth-order valence-corrected chi connectivity index (χ4v) is 2.23. The second kappa shape index (κ2) is 8.67. The second-order valence-electron chi connectivity index (χ2n) is 7.04. The zero-order valence-electron chi connectivity index (χ0n) is 15.8. The third-order valence-corrected chi connectivity index (χ3v) is 3.58. The lowest BCUT2D eigenvalue weighted by Gasteiger charge is -2.21. The third-order valence-electron chi connectivity index (χ3n) is 3.58. The molecule has 0 aliphatic carbocycles. The normalized spacial score (nSPS) is 12.3. The van der Waals surface area contributed by atoms with Gasteiger partial charge in [-0.2, -0.15) is 0 Å². The monoisotopic (exact) mass is 343 g/mol. The number of hydrogen-bond acceptors (Lipinski definition) is 4. The molecule has 0 atom stereocenters. The highest BCUT2D eigenvalue weighted by Gasteiger charge is 2.09. The average molecular weight is 343 g/mol. The average Bonchev–Trinajstić information content (AvgIpc) is 3.03. The molecule has 0 aliphatic rings. The number of nitrogens with zero attached hydrogens (tertiary/aromatic N) is 2. The van der Waals surface area contributed by atoms with E-state index in [4.69, 9.17) is 4.42 Å². The zero-order chi connectivity index (χ0) is 18.3. The molecule has 0 radical (unpaired) electrons. The summed E-state index contributed by atoms with van der Waals surface area (Å²) >= 11 is 0. The largest absolute Gasteiger partial charge is 0.444 e. The number of oxazole rings is 1. The molecule has 3 N–H and O–H groups in total. The zero-order valence-corrected chi connectivity index (χ0v) is 15.8. The van der Waals surface area contributed by atoms with Gasteiger partial charge in [0, 0.05) is 31.2 Å². The molecule has 25 heavy (non-hydrogen) atoms. The molecule has 1 aromatic heterocycles. The standard InChI is InChI=1S/C19H29N5O/c1-14-6-8-15(9-7-14)17-24-16(13-25-17)12-22-18(20-5)21-10-11-23-19(2,3)4/h6-9,13,23H,10-12H2,1-5H3,(H2,20,21,22). The van der Waals surface area contributed by atoms with Crippen LogP contribution >= 0.6 is 0 Å². The summed E-state index contributed by atoms with van der Waals surface area (Å²) in [6, 6.07) is 8.13. The van der Waals surface area contributed by atoms with E-state index in [-0.39, 0.29) is 5.54 Å². The highest BCUT2D eigenvalue weighted by Crippen LogP contribution is 2.18. The molecule has 1 aromatic carbocycles. The predicted molar refractivity (Wildman–Crippen MR) is 103 cm³/mol. The van der Waals surface area contributed by atoms with Gasteiger partial charge in [-0.3, -0.25) is 4.99 Å². The van der Waals surface area contributed by atoms with E-state index in [1.165, 1.54) is 5.56 Å². The second-order valence-corrected chi connectivity index (χ2v) is 7.04. The van der Waals surface area contributed by atoms with Crippen LogP contribution in [0.2, 0.25) is 0 Å². The van der Waals surface area contributed by atoms with Gasteiger partial charge in [-0.15, -0.1) is 0 Å². The van der Waals surface area contributed by atoms with Crippen LogP contribution < -0.4 is 16.0 Å². The van der Waals surface area contributed by atoms with Crippen molar-refractivity contribution < 1.29 is 4.42 Å². The van der Waals surface area contributed by atoms with Crippen molar-refractivity contribution >= 4 is 5.96 Å². The van der Waals surface area contributed by atoms with Gasteiger partial charge in [-0.1, -0.05) is 17.7 Å². The molecular weight excluding hydrogens is 314 g/mol. The number of guanidine groups is 1. The van der Waals surface area contributed by atoms with Gasteiger partial charge in [0.05, 0.1) is 12.2 Å². The van der Waals surface area contributed by atoms with E-state index in [2.05, 4.69) is 65.8 Å². The Bertz CT molecular complexity index is 683. The first-order valence-corrected chi connectivity index (χ1v) is 8.58. The molecule has 0 bridgehead atoms. The molecule has 6 heteroatoms. The fraction of sp³-hybridized carbons (Fsp3) is 0.474. The molecule has 2 aromatic rings. The van der Waals surface area contributed by atoms with E-state index in [1.54, 1.807) is 13.3 Å². The topological polar surface area (TPSA) is 74.5 Å². The Morgan fingerprint density at radius 3 is 2.48 bits per heavy atom. The highest BCUT2D eigenvalue weighted by atomic mass is 16.3. The van der Waals surface area contributed by atoms with Gasteiger partial charge in [0.2, 0.25) is 5.89 Å². The van der Waals surface area contributed by atoms with E-state index >= 15 is 0 Å². The number of rotatable bonds is 6. The summed E-state index contributed by atoms with van der Waals surface area (Å²) in [5.74, 6) is 1.38. The summed E-state index contributed by atoms with van der Waals surface area (Å²) in [6.07, 6.45) is 1.68. The first kappa shape index (κ1) is 19.0. The minimum atomic E-state index is 0.117. The van der Waals surface area contributed by atoms with Crippen molar-refractivity contribution in [2.75, 3.05) is 20.1 Å². The number of benzene rings is 1. The molecule has 0 unspecified atom stereocenters. The number of hydrogen-bond donors (Lipinski definition) is 3. The van der Waals surface area contributed by atoms with Crippen molar-refractivity contribution in [3.8, 4) is 11.5 Å². The van der Waals surface area contributed by atoms with Crippen molar-refractivity contribution in [3.63, 3.8) is 0 Å². The maximum atomic E-state index is 5.57. The fourth-order valence-electron chi connectivity index (χ4n) is 2.23. The summed E-state index contributed by atoms with van der Waals surface area (Å²) in [7, 11) is 1.76. The molecule has 0 fully saturated rings. The Hall–Kier alpha value is -2.34.